The van der Waals surface area contributed by atoms with E-state index in [0.717, 1.165) is 6.42 Å². The van der Waals surface area contributed by atoms with Gasteiger partial charge in [-0.15, -0.1) is 0 Å². The van der Waals surface area contributed by atoms with Crippen LogP contribution in [0.2, 0.25) is 0 Å². The van der Waals surface area contributed by atoms with Crippen molar-refractivity contribution >= 4 is 23.1 Å². The van der Waals surface area contributed by atoms with E-state index in [1.54, 1.807) is 10.9 Å². The smallest absolute Gasteiger partial charge is 0.303 e. The van der Waals surface area contributed by atoms with Gasteiger partial charge in [0.25, 0.3) is 0 Å². The molecule has 9 nitrogen and oxygen atoms in total. The normalized spacial score (nSPS) is 22.9. The molecule has 0 spiro atoms. The lowest BCUT2D eigenvalue weighted by atomic mass is 10.1. The first kappa shape index (κ1) is 17.3. The Kier molecular flexibility index (Phi) is 4.93. The summed E-state index contributed by atoms with van der Waals surface area (Å²) in [5.74, 6) is -0.754. The van der Waals surface area contributed by atoms with Gasteiger partial charge in [0.15, 0.2) is 11.9 Å². The van der Waals surface area contributed by atoms with Gasteiger partial charge >= 0.3 is 11.9 Å². The highest BCUT2D eigenvalue weighted by atomic mass is 16.6. The molecule has 3 atom stereocenters. The minimum atomic E-state index is -0.504. The molecule has 1 aliphatic rings. The Morgan fingerprint density at radius 2 is 2.08 bits per heavy atom. The summed E-state index contributed by atoms with van der Waals surface area (Å²) < 4.78 is 18.2. The van der Waals surface area contributed by atoms with Crippen LogP contribution in [0, 0.1) is 0 Å². The number of imidazole rings is 1. The second-order valence-electron chi connectivity index (χ2n) is 5.87. The average Bonchev–Trinajstić information content (AvgIpc) is 3.16. The van der Waals surface area contributed by atoms with Crippen LogP contribution in [0.1, 0.15) is 45.5 Å². The maximum atomic E-state index is 11.4. The number of esters is 2. The van der Waals surface area contributed by atoms with Crippen LogP contribution in [0.25, 0.3) is 11.2 Å². The van der Waals surface area contributed by atoms with Crippen LogP contribution in [0.15, 0.2) is 12.7 Å². The van der Waals surface area contributed by atoms with Crippen LogP contribution in [0.4, 0.5) is 0 Å². The molecular weight excluding hydrogens is 328 g/mol. The van der Waals surface area contributed by atoms with Crippen molar-refractivity contribution in [3.8, 4) is 0 Å². The van der Waals surface area contributed by atoms with Crippen LogP contribution >= 0.6 is 0 Å². The first-order valence-electron chi connectivity index (χ1n) is 8.12. The molecule has 2 aromatic heterocycles. The minimum Gasteiger partial charge on any atom is -0.459 e. The molecule has 2 aromatic rings. The van der Waals surface area contributed by atoms with E-state index < -0.39 is 18.3 Å². The van der Waals surface area contributed by atoms with Crippen molar-refractivity contribution in [1.29, 1.82) is 0 Å². The van der Waals surface area contributed by atoms with Gasteiger partial charge < -0.3 is 14.2 Å². The molecule has 0 amide bonds. The van der Waals surface area contributed by atoms with Crippen LogP contribution < -0.4 is 0 Å². The van der Waals surface area contributed by atoms with E-state index in [1.807, 2.05) is 6.92 Å². The maximum Gasteiger partial charge on any atom is 0.303 e. The highest BCUT2D eigenvalue weighted by molar-refractivity contribution is 5.73. The third-order valence-corrected chi connectivity index (χ3v) is 4.04. The summed E-state index contributed by atoms with van der Waals surface area (Å²) in [6.45, 7) is 4.74. The minimum absolute atomic E-state index is 0.00541. The number of carbonyl (C=O) groups is 2. The molecule has 25 heavy (non-hydrogen) atoms. The van der Waals surface area contributed by atoms with Crippen LogP contribution in [-0.2, 0) is 30.4 Å². The molecule has 0 bridgehead atoms. The summed E-state index contributed by atoms with van der Waals surface area (Å²) in [6, 6.07) is 0. The van der Waals surface area contributed by atoms with Crippen LogP contribution in [0.5, 0.6) is 0 Å². The zero-order chi connectivity index (χ0) is 18.0. The monoisotopic (exact) mass is 348 g/mol. The molecule has 1 saturated heterocycles. The molecule has 3 heterocycles. The number of fused-ring (bicyclic) bond motifs is 1. The number of ether oxygens (including phenoxy) is 3. The fraction of sp³-hybridized carbons (Fsp3) is 0.562. The molecule has 9 heteroatoms. The lowest BCUT2D eigenvalue weighted by Crippen LogP contribution is -2.24. The second kappa shape index (κ2) is 7.14. The Hall–Kier alpha value is -2.55. The van der Waals surface area contributed by atoms with Crippen molar-refractivity contribution in [3.05, 3.63) is 18.3 Å². The molecule has 1 aliphatic heterocycles. The first-order chi connectivity index (χ1) is 12.0. The summed E-state index contributed by atoms with van der Waals surface area (Å²) >= 11 is 0. The Labute approximate surface area is 144 Å². The Morgan fingerprint density at radius 1 is 1.28 bits per heavy atom. The molecule has 0 aromatic carbocycles. The largest absolute Gasteiger partial charge is 0.459 e. The molecule has 3 unspecified atom stereocenters. The van der Waals surface area contributed by atoms with Gasteiger partial charge in [0.05, 0.1) is 12.4 Å². The number of hydrogen-bond donors (Lipinski definition) is 0. The van der Waals surface area contributed by atoms with E-state index >= 15 is 0 Å². The van der Waals surface area contributed by atoms with Crippen molar-refractivity contribution in [2.45, 2.75) is 58.7 Å². The van der Waals surface area contributed by atoms with Crippen molar-refractivity contribution in [2.75, 3.05) is 0 Å². The molecule has 0 radical (unpaired) electrons. The van der Waals surface area contributed by atoms with Crippen molar-refractivity contribution in [3.63, 3.8) is 0 Å². The van der Waals surface area contributed by atoms with Gasteiger partial charge in [0.1, 0.15) is 30.2 Å². The quantitative estimate of drug-likeness (QED) is 0.749. The van der Waals surface area contributed by atoms with Crippen LogP contribution in [-0.4, -0.2) is 43.7 Å². The third-order valence-electron chi connectivity index (χ3n) is 4.04. The number of rotatable bonds is 5. The Bertz CT molecular complexity index is 790. The van der Waals surface area contributed by atoms with Gasteiger partial charge in [-0.2, -0.15) is 0 Å². The topological polar surface area (TPSA) is 105 Å². The lowest BCUT2D eigenvalue weighted by molar-refractivity contribution is -0.152. The van der Waals surface area contributed by atoms with E-state index in [4.69, 9.17) is 14.2 Å². The van der Waals surface area contributed by atoms with Crippen molar-refractivity contribution < 1.29 is 23.8 Å². The number of hydrogen-bond acceptors (Lipinski definition) is 8. The molecule has 0 aliphatic carbocycles. The first-order valence-corrected chi connectivity index (χ1v) is 8.12. The maximum absolute atomic E-state index is 11.4. The lowest BCUT2D eigenvalue weighted by Gasteiger charge is -2.19. The second-order valence-corrected chi connectivity index (χ2v) is 5.87. The van der Waals surface area contributed by atoms with Gasteiger partial charge in [-0.3, -0.25) is 14.2 Å². The van der Waals surface area contributed by atoms with Crippen molar-refractivity contribution in [1.82, 2.24) is 19.5 Å². The predicted octanol–water partition coefficient (Wildman–Crippen LogP) is 1.52. The molecule has 3 rings (SSSR count). The predicted molar refractivity (Wildman–Crippen MR) is 85.2 cm³/mol. The van der Waals surface area contributed by atoms with Gasteiger partial charge in [-0.05, 0) is 6.42 Å². The van der Waals surface area contributed by atoms with E-state index in [9.17, 15) is 9.59 Å². The van der Waals surface area contributed by atoms with Gasteiger partial charge in [0.2, 0.25) is 0 Å². The van der Waals surface area contributed by atoms with Gasteiger partial charge in [-0.25, -0.2) is 15.0 Å². The van der Waals surface area contributed by atoms with E-state index in [-0.39, 0.29) is 18.7 Å². The summed E-state index contributed by atoms with van der Waals surface area (Å²) in [5, 5.41) is 0. The molecule has 0 saturated carbocycles. The summed E-state index contributed by atoms with van der Waals surface area (Å²) in [7, 11) is 0. The third kappa shape index (κ3) is 3.60. The van der Waals surface area contributed by atoms with E-state index in [0.29, 0.717) is 23.3 Å². The highest BCUT2D eigenvalue weighted by Gasteiger charge is 2.39. The highest BCUT2D eigenvalue weighted by Crippen LogP contribution is 2.34. The van der Waals surface area contributed by atoms with Gasteiger partial charge in [0, 0.05) is 20.3 Å². The zero-order valence-electron chi connectivity index (χ0n) is 14.3. The van der Waals surface area contributed by atoms with Crippen LogP contribution in [0.3, 0.4) is 0 Å². The Morgan fingerprint density at radius 3 is 2.76 bits per heavy atom. The molecule has 134 valence electrons. The van der Waals surface area contributed by atoms with E-state index in [2.05, 4.69) is 15.0 Å². The number of aromatic nitrogens is 4. The summed E-state index contributed by atoms with van der Waals surface area (Å²) in [4.78, 5) is 35.1. The standard InChI is InChI=1S/C16H20N4O5/c1-4-11-5-13(24-10(3)22)16(25-11)20-8-19-14-12(6-23-9(2)21)17-7-18-15(14)20/h7-8,11,13,16H,4-6H2,1-3H3. The zero-order valence-corrected chi connectivity index (χ0v) is 14.3. The molecule has 1 fully saturated rings. The summed E-state index contributed by atoms with van der Waals surface area (Å²) in [5.41, 5.74) is 1.57. The SMILES string of the molecule is CCC1CC(OC(C)=O)C(n2cnc3c(COC(C)=O)ncnc32)O1. The average molecular weight is 348 g/mol. The number of nitrogens with zero attached hydrogens (tertiary/aromatic N) is 4. The molecule has 0 N–H and O–H groups in total. The van der Waals surface area contributed by atoms with E-state index in [1.165, 1.54) is 20.2 Å². The molecular formula is C16H20N4O5. The van der Waals surface area contributed by atoms with Gasteiger partial charge in [-0.1, -0.05) is 6.92 Å². The summed E-state index contributed by atoms with van der Waals surface area (Å²) in [6.07, 6.45) is 3.47. The number of carbonyl (C=O) groups excluding carboxylic acids is 2. The van der Waals surface area contributed by atoms with Crippen molar-refractivity contribution in [2.24, 2.45) is 0 Å². The fourth-order valence-corrected chi connectivity index (χ4v) is 2.91. The Balaban J connectivity index is 1.93. The fourth-order valence-electron chi connectivity index (χ4n) is 2.91.